The monoisotopic (exact) mass is 579 g/mol. The smallest absolute Gasteiger partial charge is 0.236 e. The van der Waals surface area contributed by atoms with E-state index in [0.29, 0.717) is 50.0 Å². The van der Waals surface area contributed by atoms with Crippen molar-refractivity contribution < 1.29 is 14.3 Å². The number of aromatic nitrogens is 3. The van der Waals surface area contributed by atoms with Gasteiger partial charge in [0.15, 0.2) is 15.3 Å². The van der Waals surface area contributed by atoms with Crippen LogP contribution in [-0.2, 0) is 9.59 Å². The quantitative estimate of drug-likeness (QED) is 0.378. The van der Waals surface area contributed by atoms with Crippen molar-refractivity contribution in [1.82, 2.24) is 15.2 Å². The Labute approximate surface area is 237 Å². The van der Waals surface area contributed by atoms with E-state index >= 15 is 0 Å². The average Bonchev–Trinajstić information content (AvgIpc) is 3.58. The Bertz CT molecular complexity index is 1540. The number of nitrogens with two attached hydrogens (primary N) is 1. The first kappa shape index (κ1) is 26.9. The van der Waals surface area contributed by atoms with Crippen LogP contribution in [0.2, 0.25) is 0 Å². The number of hydrogen-bond acceptors (Lipinski definition) is 12. The number of nitriles is 1. The van der Waals surface area contributed by atoms with Crippen molar-refractivity contribution in [3.8, 4) is 11.8 Å². The van der Waals surface area contributed by atoms with Crippen molar-refractivity contribution in [2.45, 2.75) is 36.9 Å². The van der Waals surface area contributed by atoms with Crippen LogP contribution in [0.3, 0.4) is 0 Å². The van der Waals surface area contributed by atoms with Crippen molar-refractivity contribution in [1.29, 1.82) is 5.26 Å². The summed E-state index contributed by atoms with van der Waals surface area (Å²) < 4.78 is 6.15. The number of hydrogen-bond donors (Lipinski definition) is 2. The number of methoxy groups -OCH3 is 1. The Balaban J connectivity index is 1.52. The molecule has 39 heavy (non-hydrogen) atoms. The number of ketones is 1. The molecule has 3 heterocycles. The van der Waals surface area contributed by atoms with E-state index in [2.05, 4.69) is 26.6 Å². The van der Waals surface area contributed by atoms with Crippen molar-refractivity contribution >= 4 is 56.4 Å². The summed E-state index contributed by atoms with van der Waals surface area (Å²) in [7, 11) is 1.56. The highest BCUT2D eigenvalue weighted by Gasteiger charge is 2.46. The maximum Gasteiger partial charge on any atom is 0.236 e. The predicted molar refractivity (Wildman–Crippen MR) is 151 cm³/mol. The first-order valence-corrected chi connectivity index (χ1v) is 14.6. The number of thioether (sulfide) groups is 1. The molecule has 0 saturated heterocycles. The zero-order valence-electron chi connectivity index (χ0n) is 21.4. The van der Waals surface area contributed by atoms with Gasteiger partial charge in [-0.3, -0.25) is 14.5 Å². The standard InChI is InChI=1S/C26H25N7O3S3/c1-26(2)10-16-21(17(34)11-26)20(14-6-4-5-7-18(14)36-3)15(12-27)22(28)33(16)24-31-32-25(39-24)38-13-19(35)30-23-29-8-9-37-23/h4-9,20H,10-11,13,28H2,1-3H3,(H,29,30,35). The molecule has 1 unspecified atom stereocenters. The third kappa shape index (κ3) is 5.27. The van der Waals surface area contributed by atoms with Gasteiger partial charge < -0.3 is 15.8 Å². The number of amides is 1. The SMILES string of the molecule is COc1ccccc1C1C(C#N)=C(N)N(c2nnc(SCC(=O)Nc3nccs3)s2)C2=C1C(=O)CC(C)(C)C2. The number of anilines is 2. The minimum atomic E-state index is -0.655. The number of carbonyl (C=O) groups is 2. The van der Waals surface area contributed by atoms with Gasteiger partial charge in [-0.25, -0.2) is 4.98 Å². The Morgan fingerprint density at radius 3 is 2.85 bits per heavy atom. The Hall–Kier alpha value is -3.73. The zero-order chi connectivity index (χ0) is 27.7. The average molecular weight is 580 g/mol. The largest absolute Gasteiger partial charge is 0.496 e. The van der Waals surface area contributed by atoms with E-state index in [4.69, 9.17) is 10.5 Å². The van der Waals surface area contributed by atoms with Gasteiger partial charge >= 0.3 is 0 Å². The van der Waals surface area contributed by atoms with Gasteiger partial charge in [-0.05, 0) is 17.9 Å². The number of nitrogens with zero attached hydrogens (tertiary/aromatic N) is 5. The number of para-hydroxylation sites is 1. The molecule has 1 aliphatic heterocycles. The van der Waals surface area contributed by atoms with Gasteiger partial charge in [0, 0.05) is 34.8 Å². The van der Waals surface area contributed by atoms with Crippen LogP contribution in [0.1, 0.15) is 38.2 Å². The van der Waals surface area contributed by atoms with Crippen LogP contribution in [0.4, 0.5) is 10.3 Å². The molecule has 0 fully saturated rings. The second-order valence-electron chi connectivity index (χ2n) is 9.75. The van der Waals surface area contributed by atoms with Crippen LogP contribution in [-0.4, -0.2) is 39.7 Å². The highest BCUT2D eigenvalue weighted by atomic mass is 32.2. The number of carbonyl (C=O) groups excluding carboxylic acids is 2. The summed E-state index contributed by atoms with van der Waals surface area (Å²) >= 11 is 3.82. The maximum absolute atomic E-state index is 13.7. The van der Waals surface area contributed by atoms with Gasteiger partial charge in [0.25, 0.3) is 0 Å². The number of allylic oxidation sites excluding steroid dienone is 3. The summed E-state index contributed by atoms with van der Waals surface area (Å²) in [5, 5.41) is 24.4. The Kier molecular flexibility index (Phi) is 7.44. The molecule has 5 rings (SSSR count). The van der Waals surface area contributed by atoms with E-state index in [1.807, 2.05) is 38.1 Å². The van der Waals surface area contributed by atoms with Crippen LogP contribution < -0.4 is 20.7 Å². The fourth-order valence-electron chi connectivity index (χ4n) is 4.86. The third-order valence-electron chi connectivity index (χ3n) is 6.42. The lowest BCUT2D eigenvalue weighted by Gasteiger charge is -2.42. The molecule has 13 heteroatoms. The van der Waals surface area contributed by atoms with Gasteiger partial charge in [0.05, 0.1) is 30.4 Å². The number of Topliss-reactive ketones (excluding diaryl/α,β-unsaturated/α-hetero) is 1. The van der Waals surface area contributed by atoms with Crippen LogP contribution in [0, 0.1) is 16.7 Å². The molecule has 0 saturated carbocycles. The molecule has 1 aromatic carbocycles. The van der Waals surface area contributed by atoms with Crippen molar-refractivity contribution in [2.75, 3.05) is 23.1 Å². The van der Waals surface area contributed by atoms with Crippen LogP contribution in [0.5, 0.6) is 5.75 Å². The number of rotatable bonds is 7. The molecular formula is C26H25N7O3S3. The van der Waals surface area contributed by atoms with Crippen molar-refractivity contribution in [2.24, 2.45) is 11.1 Å². The number of ether oxygens (including phenoxy) is 1. The van der Waals surface area contributed by atoms with E-state index in [9.17, 15) is 14.9 Å². The van der Waals surface area contributed by atoms with Gasteiger partial charge in [-0.15, -0.1) is 21.5 Å². The van der Waals surface area contributed by atoms with Gasteiger partial charge in [-0.2, -0.15) is 5.26 Å². The number of nitrogens with one attached hydrogen (secondary N) is 1. The van der Waals surface area contributed by atoms with Gasteiger partial charge in [0.1, 0.15) is 11.6 Å². The summed E-state index contributed by atoms with van der Waals surface area (Å²) in [6, 6.07) is 9.62. The molecule has 2 aliphatic rings. The molecule has 0 spiro atoms. The molecule has 0 radical (unpaired) electrons. The molecule has 2 aromatic heterocycles. The molecule has 1 atom stereocenters. The van der Waals surface area contributed by atoms with E-state index in [1.54, 1.807) is 23.6 Å². The molecule has 200 valence electrons. The second-order valence-corrected chi connectivity index (χ2v) is 12.8. The summed E-state index contributed by atoms with van der Waals surface area (Å²) in [5.41, 5.74) is 8.56. The molecule has 0 bridgehead atoms. The topological polar surface area (TPSA) is 147 Å². The van der Waals surface area contributed by atoms with Crippen molar-refractivity contribution in [3.63, 3.8) is 0 Å². The summed E-state index contributed by atoms with van der Waals surface area (Å²) in [6.07, 6.45) is 2.52. The van der Waals surface area contributed by atoms with E-state index in [0.717, 1.165) is 0 Å². The van der Waals surface area contributed by atoms with Gasteiger partial charge in [-0.1, -0.05) is 55.1 Å². The van der Waals surface area contributed by atoms with E-state index in [-0.39, 0.29) is 34.3 Å². The van der Waals surface area contributed by atoms with E-state index < -0.39 is 5.92 Å². The lowest BCUT2D eigenvalue weighted by atomic mass is 9.68. The normalized spacial score (nSPS) is 18.6. The highest BCUT2D eigenvalue weighted by molar-refractivity contribution is 8.01. The maximum atomic E-state index is 13.7. The molecule has 1 amide bonds. The Morgan fingerprint density at radius 1 is 1.33 bits per heavy atom. The summed E-state index contributed by atoms with van der Waals surface area (Å²) in [5.74, 6) is -0.00509. The molecule has 1 aliphatic carbocycles. The number of thiazole rings is 1. The molecule has 10 nitrogen and oxygen atoms in total. The lowest BCUT2D eigenvalue weighted by molar-refractivity contribution is -0.118. The number of benzene rings is 1. The van der Waals surface area contributed by atoms with Crippen LogP contribution in [0.15, 0.2) is 62.8 Å². The third-order valence-corrected chi connectivity index (χ3v) is 9.15. The fraction of sp³-hybridized carbons (Fsp3) is 0.308. The minimum Gasteiger partial charge on any atom is -0.496 e. The lowest BCUT2D eigenvalue weighted by Crippen LogP contribution is -2.42. The highest BCUT2D eigenvalue weighted by Crippen LogP contribution is 2.51. The van der Waals surface area contributed by atoms with Crippen LogP contribution in [0.25, 0.3) is 0 Å². The first-order chi connectivity index (χ1) is 18.7. The zero-order valence-corrected chi connectivity index (χ0v) is 23.9. The van der Waals surface area contributed by atoms with Gasteiger partial charge in [0.2, 0.25) is 11.0 Å². The van der Waals surface area contributed by atoms with Crippen LogP contribution >= 0.6 is 34.4 Å². The van der Waals surface area contributed by atoms with E-state index in [1.165, 1.54) is 34.4 Å². The Morgan fingerprint density at radius 2 is 2.13 bits per heavy atom. The fourth-order valence-corrected chi connectivity index (χ4v) is 7.09. The molecule has 3 aromatic rings. The molecular weight excluding hydrogens is 555 g/mol. The molecule has 3 N–H and O–H groups in total. The predicted octanol–water partition coefficient (Wildman–Crippen LogP) is 4.67. The second kappa shape index (κ2) is 10.8. The van der Waals surface area contributed by atoms with Crippen molar-refractivity contribution in [3.05, 3.63) is 64.1 Å². The first-order valence-electron chi connectivity index (χ1n) is 12.0. The summed E-state index contributed by atoms with van der Waals surface area (Å²) in [6.45, 7) is 4.07. The summed E-state index contributed by atoms with van der Waals surface area (Å²) in [4.78, 5) is 31.8. The minimum absolute atomic E-state index is 0.0413.